The summed E-state index contributed by atoms with van der Waals surface area (Å²) in [5, 5.41) is 18.6. The number of benzene rings is 1. The number of hydrogen-bond acceptors (Lipinski definition) is 2. The maximum absolute atomic E-state index is 9.04. The van der Waals surface area contributed by atoms with Gasteiger partial charge in [-0.15, -0.1) is 0 Å². The van der Waals surface area contributed by atoms with Crippen LogP contribution in [-0.4, -0.2) is 10.2 Å². The summed E-state index contributed by atoms with van der Waals surface area (Å²) < 4.78 is 0. The maximum atomic E-state index is 9.04. The molecule has 0 amide bonds. The minimum absolute atomic E-state index is 0.0575. The molecule has 0 saturated heterocycles. The third-order valence-electron chi connectivity index (χ3n) is 2.01. The monoisotopic (exact) mass is 212 g/mol. The Bertz CT molecular complexity index is 334. The molecule has 14 heavy (non-hydrogen) atoms. The lowest BCUT2D eigenvalue weighted by molar-refractivity contribution is 0.260. The van der Waals surface area contributed by atoms with Crippen molar-refractivity contribution in [3.8, 4) is 0 Å². The lowest BCUT2D eigenvalue weighted by Gasteiger charge is -2.07. The molecule has 0 heterocycles. The Labute approximate surface area is 88.5 Å². The molecule has 0 radical (unpaired) electrons. The Hall–Kier alpha value is -0.830. The first-order chi connectivity index (χ1) is 6.67. The van der Waals surface area contributed by atoms with Crippen LogP contribution >= 0.6 is 11.6 Å². The fourth-order valence-electron chi connectivity index (χ4n) is 1.31. The van der Waals surface area contributed by atoms with Gasteiger partial charge in [0.05, 0.1) is 13.2 Å². The summed E-state index contributed by atoms with van der Waals surface area (Å²) in [5.41, 5.74) is 2.48. The van der Waals surface area contributed by atoms with Crippen molar-refractivity contribution in [2.24, 2.45) is 0 Å². The first-order valence-corrected chi connectivity index (χ1v) is 4.71. The van der Waals surface area contributed by atoms with Gasteiger partial charge in [-0.1, -0.05) is 36.4 Å². The summed E-state index contributed by atoms with van der Waals surface area (Å²) in [6.45, 7) is 3.47. The van der Waals surface area contributed by atoms with E-state index in [9.17, 15) is 0 Å². The largest absolute Gasteiger partial charge is 0.392 e. The van der Waals surface area contributed by atoms with Crippen LogP contribution in [0.15, 0.2) is 29.8 Å². The van der Waals surface area contributed by atoms with Gasteiger partial charge in [-0.3, -0.25) is 0 Å². The normalized spacial score (nSPS) is 10.2. The molecular weight excluding hydrogens is 200 g/mol. The SMILES string of the molecule is C=C(Cl)Cc1ccc(CO)c(CO)c1. The number of hydrogen-bond donors (Lipinski definition) is 2. The molecule has 3 heteroatoms. The lowest BCUT2D eigenvalue weighted by Crippen LogP contribution is -1.96. The highest BCUT2D eigenvalue weighted by atomic mass is 35.5. The zero-order valence-electron chi connectivity index (χ0n) is 7.83. The van der Waals surface area contributed by atoms with E-state index in [1.165, 1.54) is 0 Å². The highest BCUT2D eigenvalue weighted by molar-refractivity contribution is 6.29. The Morgan fingerprint density at radius 1 is 1.21 bits per heavy atom. The zero-order valence-corrected chi connectivity index (χ0v) is 8.59. The second kappa shape index (κ2) is 5.15. The van der Waals surface area contributed by atoms with Gasteiger partial charge in [0.15, 0.2) is 0 Å². The smallest absolute Gasteiger partial charge is 0.0685 e. The van der Waals surface area contributed by atoms with Crippen molar-refractivity contribution >= 4 is 11.6 Å². The van der Waals surface area contributed by atoms with Crippen LogP contribution < -0.4 is 0 Å². The van der Waals surface area contributed by atoms with Crippen molar-refractivity contribution in [3.63, 3.8) is 0 Å². The molecule has 0 fully saturated rings. The second-order valence-corrected chi connectivity index (χ2v) is 3.65. The first-order valence-electron chi connectivity index (χ1n) is 4.33. The molecule has 1 rings (SSSR count). The van der Waals surface area contributed by atoms with Gasteiger partial charge in [0.1, 0.15) is 0 Å². The third kappa shape index (κ3) is 2.84. The minimum Gasteiger partial charge on any atom is -0.392 e. The molecule has 0 bridgehead atoms. The summed E-state index contributed by atoms with van der Waals surface area (Å²) in [4.78, 5) is 0. The number of aliphatic hydroxyl groups excluding tert-OH is 2. The van der Waals surface area contributed by atoms with Crippen LogP contribution in [0.1, 0.15) is 16.7 Å². The van der Waals surface area contributed by atoms with E-state index in [4.69, 9.17) is 21.8 Å². The maximum Gasteiger partial charge on any atom is 0.0685 e. The van der Waals surface area contributed by atoms with Crippen molar-refractivity contribution in [1.82, 2.24) is 0 Å². The lowest BCUT2D eigenvalue weighted by atomic mass is 10.0. The van der Waals surface area contributed by atoms with Gasteiger partial charge < -0.3 is 10.2 Å². The van der Waals surface area contributed by atoms with Gasteiger partial charge >= 0.3 is 0 Å². The summed E-state index contributed by atoms with van der Waals surface area (Å²) in [6.07, 6.45) is 0.584. The van der Waals surface area contributed by atoms with Crippen molar-refractivity contribution in [2.45, 2.75) is 19.6 Å². The van der Waals surface area contributed by atoms with Crippen molar-refractivity contribution in [2.75, 3.05) is 0 Å². The molecular formula is C11H13ClO2. The van der Waals surface area contributed by atoms with E-state index >= 15 is 0 Å². The van der Waals surface area contributed by atoms with Gasteiger partial charge in [-0.2, -0.15) is 0 Å². The van der Waals surface area contributed by atoms with Crippen LogP contribution in [0.3, 0.4) is 0 Å². The van der Waals surface area contributed by atoms with Crippen LogP contribution in [0.4, 0.5) is 0 Å². The van der Waals surface area contributed by atoms with Gasteiger partial charge in [0, 0.05) is 11.5 Å². The van der Waals surface area contributed by atoms with E-state index in [0.717, 1.165) is 16.7 Å². The van der Waals surface area contributed by atoms with E-state index in [2.05, 4.69) is 6.58 Å². The van der Waals surface area contributed by atoms with E-state index in [0.29, 0.717) is 11.5 Å². The van der Waals surface area contributed by atoms with Gasteiger partial charge in [0.2, 0.25) is 0 Å². The molecule has 2 nitrogen and oxygen atoms in total. The van der Waals surface area contributed by atoms with Crippen molar-refractivity contribution in [1.29, 1.82) is 0 Å². The molecule has 0 saturated carbocycles. The van der Waals surface area contributed by atoms with Gasteiger partial charge in [-0.25, -0.2) is 0 Å². The first kappa shape index (κ1) is 11.2. The standard InChI is InChI=1S/C11H13ClO2/c1-8(12)4-9-2-3-10(6-13)11(5-9)7-14/h2-3,5,13-14H,1,4,6-7H2. The second-order valence-electron chi connectivity index (χ2n) is 3.11. The summed E-state index contributed by atoms with van der Waals surface area (Å²) in [7, 11) is 0. The Morgan fingerprint density at radius 2 is 1.86 bits per heavy atom. The fraction of sp³-hybridized carbons (Fsp3) is 0.273. The van der Waals surface area contributed by atoms with Crippen LogP contribution in [-0.2, 0) is 19.6 Å². The molecule has 0 unspecified atom stereocenters. The molecule has 0 atom stereocenters. The average molecular weight is 213 g/mol. The number of allylic oxidation sites excluding steroid dienone is 1. The highest BCUT2D eigenvalue weighted by Gasteiger charge is 2.02. The highest BCUT2D eigenvalue weighted by Crippen LogP contribution is 2.16. The quantitative estimate of drug-likeness (QED) is 0.801. The Kier molecular flexibility index (Phi) is 4.14. The van der Waals surface area contributed by atoms with Crippen molar-refractivity contribution < 1.29 is 10.2 Å². The molecule has 0 spiro atoms. The summed E-state index contributed by atoms with van der Waals surface area (Å²) in [6, 6.07) is 5.50. The summed E-state index contributed by atoms with van der Waals surface area (Å²) >= 11 is 5.68. The molecule has 0 aliphatic carbocycles. The van der Waals surface area contributed by atoms with Crippen LogP contribution in [0.25, 0.3) is 0 Å². The van der Waals surface area contributed by atoms with E-state index in [1.807, 2.05) is 12.1 Å². The van der Waals surface area contributed by atoms with E-state index in [-0.39, 0.29) is 13.2 Å². The van der Waals surface area contributed by atoms with Crippen molar-refractivity contribution in [3.05, 3.63) is 46.5 Å². The number of rotatable bonds is 4. The molecule has 76 valence electrons. The third-order valence-corrected chi connectivity index (χ3v) is 2.14. The van der Waals surface area contributed by atoms with E-state index in [1.54, 1.807) is 6.07 Å². The zero-order chi connectivity index (χ0) is 10.6. The average Bonchev–Trinajstić information content (AvgIpc) is 2.16. The molecule has 1 aromatic rings. The Morgan fingerprint density at radius 3 is 2.36 bits per heavy atom. The Balaban J connectivity index is 2.95. The van der Waals surface area contributed by atoms with Crippen LogP contribution in [0.2, 0.25) is 0 Å². The number of aliphatic hydroxyl groups is 2. The molecule has 0 aliphatic rings. The molecule has 0 aromatic heterocycles. The number of halogens is 1. The van der Waals surface area contributed by atoms with Gasteiger partial charge in [-0.05, 0) is 16.7 Å². The van der Waals surface area contributed by atoms with E-state index < -0.39 is 0 Å². The molecule has 0 aliphatic heterocycles. The molecule has 2 N–H and O–H groups in total. The van der Waals surface area contributed by atoms with Crippen LogP contribution in [0.5, 0.6) is 0 Å². The predicted octanol–water partition coefficient (Wildman–Crippen LogP) is 1.97. The summed E-state index contributed by atoms with van der Waals surface area (Å²) in [5.74, 6) is 0. The predicted molar refractivity (Wildman–Crippen MR) is 57.0 cm³/mol. The minimum atomic E-state index is -0.0709. The van der Waals surface area contributed by atoms with Crippen LogP contribution in [0, 0.1) is 0 Å². The van der Waals surface area contributed by atoms with Gasteiger partial charge in [0.25, 0.3) is 0 Å². The topological polar surface area (TPSA) is 40.5 Å². The fourth-order valence-corrected chi connectivity index (χ4v) is 1.47. The molecule has 1 aromatic carbocycles.